The number of rotatable bonds is 4. The Morgan fingerprint density at radius 3 is 2.83 bits per heavy atom. The van der Waals surface area contributed by atoms with Crippen molar-refractivity contribution in [3.05, 3.63) is 59.9 Å². The van der Waals surface area contributed by atoms with Crippen LogP contribution in [0.25, 0.3) is 0 Å². The van der Waals surface area contributed by atoms with Gasteiger partial charge in [-0.15, -0.1) is 0 Å². The Morgan fingerprint density at radius 2 is 2.22 bits per heavy atom. The highest BCUT2D eigenvalue weighted by Gasteiger charge is 2.28. The van der Waals surface area contributed by atoms with Gasteiger partial charge in [-0.05, 0) is 5.56 Å². The molecule has 1 unspecified atom stereocenters. The number of benzene rings is 1. The molecule has 0 amide bonds. The predicted molar refractivity (Wildman–Crippen MR) is 68.9 cm³/mol. The largest absolute Gasteiger partial charge is 0.489 e. The van der Waals surface area contributed by atoms with Crippen molar-refractivity contribution in [3.63, 3.8) is 0 Å². The van der Waals surface area contributed by atoms with Crippen LogP contribution in [0.2, 0.25) is 0 Å². The van der Waals surface area contributed by atoms with Crippen molar-refractivity contribution in [2.75, 3.05) is 7.11 Å². The number of carbonyl (C=O) groups is 1. The van der Waals surface area contributed by atoms with Crippen molar-refractivity contribution >= 4 is 5.97 Å². The van der Waals surface area contributed by atoms with Gasteiger partial charge in [0.05, 0.1) is 12.7 Å². The first-order chi connectivity index (χ1) is 8.74. The monoisotopic (exact) mass is 244 g/mol. The zero-order chi connectivity index (χ0) is 13.0. The first-order valence-electron chi connectivity index (χ1n) is 5.88. The summed E-state index contributed by atoms with van der Waals surface area (Å²) in [6, 6.07) is 9.90. The zero-order valence-electron chi connectivity index (χ0n) is 10.4. The summed E-state index contributed by atoms with van der Waals surface area (Å²) in [4.78, 5) is 11.7. The third-order valence-corrected chi connectivity index (χ3v) is 2.94. The highest BCUT2D eigenvalue weighted by atomic mass is 16.5. The first-order valence-corrected chi connectivity index (χ1v) is 5.88. The van der Waals surface area contributed by atoms with Gasteiger partial charge in [-0.1, -0.05) is 43.0 Å². The van der Waals surface area contributed by atoms with E-state index in [2.05, 4.69) is 6.58 Å². The number of ether oxygens (including phenoxy) is 2. The number of carbonyl (C=O) groups excluding carboxylic acids is 1. The molecular weight excluding hydrogens is 228 g/mol. The summed E-state index contributed by atoms with van der Waals surface area (Å²) < 4.78 is 10.5. The van der Waals surface area contributed by atoms with E-state index in [0.717, 1.165) is 5.56 Å². The third-order valence-electron chi connectivity index (χ3n) is 2.94. The lowest BCUT2D eigenvalue weighted by Gasteiger charge is -2.08. The van der Waals surface area contributed by atoms with Crippen molar-refractivity contribution in [1.82, 2.24) is 0 Å². The highest BCUT2D eigenvalue weighted by Crippen LogP contribution is 2.29. The van der Waals surface area contributed by atoms with Crippen LogP contribution in [-0.4, -0.2) is 19.2 Å². The quantitative estimate of drug-likeness (QED) is 0.603. The lowest BCUT2D eigenvalue weighted by Crippen LogP contribution is -2.06. The zero-order valence-corrected chi connectivity index (χ0v) is 10.4. The molecule has 0 spiro atoms. The molecule has 0 radical (unpaired) electrons. The second-order valence-electron chi connectivity index (χ2n) is 4.15. The number of hydrogen-bond donors (Lipinski definition) is 0. The lowest BCUT2D eigenvalue weighted by atomic mass is 10.1. The molecule has 1 aliphatic heterocycles. The fraction of sp³-hybridized carbons (Fsp3) is 0.267. The molecule has 0 fully saturated rings. The Bertz CT molecular complexity index is 474. The molecule has 18 heavy (non-hydrogen) atoms. The van der Waals surface area contributed by atoms with Crippen LogP contribution in [0, 0.1) is 0 Å². The molecule has 0 aliphatic carbocycles. The van der Waals surface area contributed by atoms with Gasteiger partial charge in [0.1, 0.15) is 11.9 Å². The van der Waals surface area contributed by atoms with Gasteiger partial charge in [0.15, 0.2) is 0 Å². The summed E-state index contributed by atoms with van der Waals surface area (Å²) in [5.41, 5.74) is 1.73. The van der Waals surface area contributed by atoms with Gasteiger partial charge in [-0.2, -0.15) is 0 Å². The summed E-state index contributed by atoms with van der Waals surface area (Å²) in [6.07, 6.45) is 2.73. The first kappa shape index (κ1) is 12.4. The average molecular weight is 244 g/mol. The minimum Gasteiger partial charge on any atom is -0.489 e. The van der Waals surface area contributed by atoms with E-state index in [1.807, 2.05) is 30.3 Å². The maximum atomic E-state index is 11.7. The third kappa shape index (κ3) is 2.62. The van der Waals surface area contributed by atoms with E-state index in [1.165, 1.54) is 7.11 Å². The Morgan fingerprint density at radius 1 is 1.50 bits per heavy atom. The standard InChI is InChI=1S/C15H16O3/c1-3-12-10-13(15(16)17-2)14(18-12)9-11-7-5-4-6-8-11/h3-8,12H,1,9-10H2,2H3. The number of allylic oxidation sites excluding steroid dienone is 1. The molecule has 1 heterocycles. The SMILES string of the molecule is C=CC1CC(C(=O)OC)=C(Cc2ccccc2)O1. The molecule has 1 aromatic carbocycles. The molecule has 3 nitrogen and oxygen atoms in total. The van der Waals surface area contributed by atoms with E-state index < -0.39 is 0 Å². The average Bonchev–Trinajstić information content (AvgIpc) is 2.82. The summed E-state index contributed by atoms with van der Waals surface area (Å²) in [7, 11) is 1.39. The lowest BCUT2D eigenvalue weighted by molar-refractivity contribution is -0.136. The smallest absolute Gasteiger partial charge is 0.337 e. The predicted octanol–water partition coefficient (Wildman–Crippen LogP) is 2.63. The van der Waals surface area contributed by atoms with Gasteiger partial charge in [0.25, 0.3) is 0 Å². The van der Waals surface area contributed by atoms with E-state index >= 15 is 0 Å². The molecule has 1 aromatic rings. The summed E-state index contributed by atoms with van der Waals surface area (Å²) in [6.45, 7) is 3.70. The van der Waals surface area contributed by atoms with Gasteiger partial charge in [-0.25, -0.2) is 4.79 Å². The normalized spacial score (nSPS) is 18.4. The van der Waals surface area contributed by atoms with E-state index in [0.29, 0.717) is 24.2 Å². The minimum absolute atomic E-state index is 0.127. The van der Waals surface area contributed by atoms with E-state index in [1.54, 1.807) is 6.08 Å². The van der Waals surface area contributed by atoms with Crippen LogP contribution in [0.5, 0.6) is 0 Å². The van der Waals surface area contributed by atoms with Crippen molar-refractivity contribution in [2.45, 2.75) is 18.9 Å². The van der Waals surface area contributed by atoms with Crippen molar-refractivity contribution in [3.8, 4) is 0 Å². The number of esters is 1. The Balaban J connectivity index is 2.21. The summed E-state index contributed by atoms with van der Waals surface area (Å²) in [5, 5.41) is 0. The van der Waals surface area contributed by atoms with Crippen LogP contribution in [0.1, 0.15) is 12.0 Å². The topological polar surface area (TPSA) is 35.5 Å². The fourth-order valence-corrected chi connectivity index (χ4v) is 1.99. The van der Waals surface area contributed by atoms with Crippen molar-refractivity contribution < 1.29 is 14.3 Å². The summed E-state index contributed by atoms with van der Waals surface area (Å²) in [5.74, 6) is 0.378. The Labute approximate surface area is 107 Å². The van der Waals surface area contributed by atoms with Crippen molar-refractivity contribution in [2.24, 2.45) is 0 Å². The van der Waals surface area contributed by atoms with Crippen molar-refractivity contribution in [1.29, 1.82) is 0 Å². The molecule has 1 aliphatic rings. The maximum absolute atomic E-state index is 11.7. The van der Waals surface area contributed by atoms with Gasteiger partial charge in [-0.3, -0.25) is 0 Å². The molecule has 0 N–H and O–H groups in total. The molecular formula is C15H16O3. The van der Waals surface area contributed by atoms with Gasteiger partial charge in [0.2, 0.25) is 0 Å². The maximum Gasteiger partial charge on any atom is 0.337 e. The number of methoxy groups -OCH3 is 1. The fourth-order valence-electron chi connectivity index (χ4n) is 1.99. The summed E-state index contributed by atoms with van der Waals surface area (Å²) >= 11 is 0. The Hall–Kier alpha value is -2.03. The van der Waals surface area contributed by atoms with Gasteiger partial charge >= 0.3 is 5.97 Å². The second kappa shape index (κ2) is 5.54. The van der Waals surface area contributed by atoms with Gasteiger partial charge in [0, 0.05) is 12.8 Å². The van der Waals surface area contributed by atoms with E-state index in [4.69, 9.17) is 9.47 Å². The van der Waals surface area contributed by atoms with Crippen LogP contribution < -0.4 is 0 Å². The second-order valence-corrected chi connectivity index (χ2v) is 4.15. The Kier molecular flexibility index (Phi) is 3.82. The van der Waals surface area contributed by atoms with Crippen LogP contribution in [0.4, 0.5) is 0 Å². The molecule has 0 aromatic heterocycles. The number of hydrogen-bond acceptors (Lipinski definition) is 3. The molecule has 3 heteroatoms. The molecule has 94 valence electrons. The molecule has 1 atom stereocenters. The molecule has 2 rings (SSSR count). The molecule has 0 saturated carbocycles. The van der Waals surface area contributed by atoms with E-state index in [-0.39, 0.29) is 12.1 Å². The van der Waals surface area contributed by atoms with Crippen LogP contribution in [0.3, 0.4) is 0 Å². The van der Waals surface area contributed by atoms with Gasteiger partial charge < -0.3 is 9.47 Å². The van der Waals surface area contributed by atoms with E-state index in [9.17, 15) is 4.79 Å². The molecule has 0 saturated heterocycles. The minimum atomic E-state index is -0.315. The molecule has 0 bridgehead atoms. The highest BCUT2D eigenvalue weighted by molar-refractivity contribution is 5.89. The van der Waals surface area contributed by atoms with Crippen LogP contribution >= 0.6 is 0 Å². The van der Waals surface area contributed by atoms with Crippen LogP contribution in [0.15, 0.2) is 54.3 Å². The van der Waals surface area contributed by atoms with Crippen LogP contribution in [-0.2, 0) is 20.7 Å².